The minimum absolute atomic E-state index is 0.662. The van der Waals surface area contributed by atoms with Crippen LogP contribution in [0.3, 0.4) is 0 Å². The van der Waals surface area contributed by atoms with E-state index in [0.29, 0.717) is 11.6 Å². The van der Waals surface area contributed by atoms with Gasteiger partial charge in [0, 0.05) is 24.7 Å². The topological polar surface area (TPSA) is 71.9 Å². The molecule has 2 aromatic rings. The fourth-order valence-corrected chi connectivity index (χ4v) is 2.50. The van der Waals surface area contributed by atoms with Crippen LogP contribution in [0, 0.1) is 6.92 Å². The number of aryl methyl sites for hydroxylation is 1. The Bertz CT molecular complexity index is 714. The van der Waals surface area contributed by atoms with E-state index >= 15 is 0 Å². The Hall–Kier alpha value is -2.67. The monoisotopic (exact) mass is 327 g/mol. The number of morpholine rings is 1. The van der Waals surface area contributed by atoms with E-state index < -0.39 is 0 Å². The molecule has 1 aliphatic heterocycles. The van der Waals surface area contributed by atoms with Gasteiger partial charge in [0.2, 0.25) is 0 Å². The fourth-order valence-electron chi connectivity index (χ4n) is 2.50. The number of ether oxygens (including phenoxy) is 2. The van der Waals surface area contributed by atoms with Crippen molar-refractivity contribution in [1.82, 2.24) is 9.97 Å². The Kier molecular flexibility index (Phi) is 5.22. The van der Waals surface area contributed by atoms with Crippen molar-refractivity contribution in [3.63, 3.8) is 0 Å². The molecule has 7 nitrogen and oxygen atoms in total. The maximum atomic E-state index is 5.38. The number of hydrogen-bond donors (Lipinski definition) is 1. The van der Waals surface area contributed by atoms with Gasteiger partial charge < -0.3 is 14.4 Å². The first-order chi connectivity index (χ1) is 11.8. The molecular weight excluding hydrogens is 306 g/mol. The van der Waals surface area contributed by atoms with Gasteiger partial charge >= 0.3 is 0 Å². The minimum atomic E-state index is 0.662. The molecule has 0 bridgehead atoms. The molecule has 0 amide bonds. The van der Waals surface area contributed by atoms with Gasteiger partial charge in [0.05, 0.1) is 26.5 Å². The largest absolute Gasteiger partial charge is 0.496 e. The number of hydrazone groups is 1. The average molecular weight is 327 g/mol. The molecule has 24 heavy (non-hydrogen) atoms. The van der Waals surface area contributed by atoms with Crippen molar-refractivity contribution in [2.45, 2.75) is 6.92 Å². The number of aromatic nitrogens is 2. The third-order valence-corrected chi connectivity index (χ3v) is 3.68. The lowest BCUT2D eigenvalue weighted by molar-refractivity contribution is 0.122. The summed E-state index contributed by atoms with van der Waals surface area (Å²) in [7, 11) is 1.64. The van der Waals surface area contributed by atoms with Crippen molar-refractivity contribution in [3.8, 4) is 5.75 Å². The third kappa shape index (κ3) is 3.99. The Balaban J connectivity index is 1.72. The van der Waals surface area contributed by atoms with E-state index in [1.54, 1.807) is 13.3 Å². The number of hydrogen-bond acceptors (Lipinski definition) is 7. The zero-order chi connectivity index (χ0) is 16.8. The summed E-state index contributed by atoms with van der Waals surface area (Å²) in [5, 5.41) is 4.26. The van der Waals surface area contributed by atoms with Crippen LogP contribution in [0.2, 0.25) is 0 Å². The SMILES string of the molecule is COc1ccccc1/C=N/Nc1cc(N2CCOCC2)nc(C)n1. The number of nitrogens with one attached hydrogen (secondary N) is 1. The molecule has 0 aliphatic carbocycles. The molecule has 1 saturated heterocycles. The average Bonchev–Trinajstić information content (AvgIpc) is 2.62. The second kappa shape index (κ2) is 7.74. The number of rotatable bonds is 5. The molecule has 7 heteroatoms. The second-order valence-electron chi connectivity index (χ2n) is 5.37. The fraction of sp³-hybridized carbons (Fsp3) is 0.353. The Morgan fingerprint density at radius 1 is 1.25 bits per heavy atom. The lowest BCUT2D eigenvalue weighted by Crippen LogP contribution is -2.36. The number of para-hydroxylation sites is 1. The predicted molar refractivity (Wildman–Crippen MR) is 94.0 cm³/mol. The molecular formula is C17H21N5O2. The van der Waals surface area contributed by atoms with E-state index in [-0.39, 0.29) is 0 Å². The molecule has 1 aromatic heterocycles. The molecule has 0 saturated carbocycles. The summed E-state index contributed by atoms with van der Waals surface area (Å²) < 4.78 is 10.7. The van der Waals surface area contributed by atoms with Gasteiger partial charge in [0.15, 0.2) is 5.82 Å². The van der Waals surface area contributed by atoms with Gasteiger partial charge in [0.25, 0.3) is 0 Å². The van der Waals surface area contributed by atoms with Gasteiger partial charge in [-0.25, -0.2) is 9.97 Å². The van der Waals surface area contributed by atoms with Gasteiger partial charge in [-0.3, -0.25) is 5.43 Å². The molecule has 1 fully saturated rings. The summed E-state index contributed by atoms with van der Waals surface area (Å²) in [6, 6.07) is 9.60. The summed E-state index contributed by atoms with van der Waals surface area (Å²) in [6.07, 6.45) is 1.71. The molecule has 2 heterocycles. The van der Waals surface area contributed by atoms with E-state index in [2.05, 4.69) is 25.4 Å². The standard InChI is InChI=1S/C17H21N5O2/c1-13-19-16(11-17(20-13)22-7-9-24-10-8-22)21-18-12-14-5-3-4-6-15(14)23-2/h3-6,11-12H,7-10H2,1-2H3,(H,19,20,21)/b18-12+. The lowest BCUT2D eigenvalue weighted by atomic mass is 10.2. The maximum absolute atomic E-state index is 5.38. The van der Waals surface area contributed by atoms with Crippen LogP contribution >= 0.6 is 0 Å². The summed E-state index contributed by atoms with van der Waals surface area (Å²) in [6.45, 7) is 4.98. The Morgan fingerprint density at radius 2 is 2.04 bits per heavy atom. The van der Waals surface area contributed by atoms with E-state index in [4.69, 9.17) is 9.47 Å². The molecule has 1 aromatic carbocycles. The van der Waals surface area contributed by atoms with E-state index in [0.717, 1.165) is 43.4 Å². The van der Waals surface area contributed by atoms with Crippen molar-refractivity contribution in [2.75, 3.05) is 43.7 Å². The normalized spacial score (nSPS) is 14.8. The van der Waals surface area contributed by atoms with Gasteiger partial charge in [-0.1, -0.05) is 12.1 Å². The molecule has 1 N–H and O–H groups in total. The van der Waals surface area contributed by atoms with Gasteiger partial charge in [-0.15, -0.1) is 0 Å². The van der Waals surface area contributed by atoms with Crippen LogP contribution < -0.4 is 15.1 Å². The van der Waals surface area contributed by atoms with Gasteiger partial charge in [-0.05, 0) is 19.1 Å². The first-order valence-corrected chi connectivity index (χ1v) is 7.87. The van der Waals surface area contributed by atoms with Crippen LogP contribution in [0.4, 0.5) is 11.6 Å². The molecule has 0 unspecified atom stereocenters. The first-order valence-electron chi connectivity index (χ1n) is 7.87. The minimum Gasteiger partial charge on any atom is -0.496 e. The van der Waals surface area contributed by atoms with Crippen molar-refractivity contribution >= 4 is 17.9 Å². The van der Waals surface area contributed by atoms with Crippen LogP contribution in [0.5, 0.6) is 5.75 Å². The molecule has 126 valence electrons. The number of methoxy groups -OCH3 is 1. The Labute approximate surface area is 141 Å². The maximum Gasteiger partial charge on any atom is 0.152 e. The summed E-state index contributed by atoms with van der Waals surface area (Å²) >= 11 is 0. The zero-order valence-corrected chi connectivity index (χ0v) is 13.9. The van der Waals surface area contributed by atoms with Crippen LogP contribution in [-0.4, -0.2) is 49.6 Å². The quantitative estimate of drug-likeness (QED) is 0.670. The molecule has 1 aliphatic rings. The smallest absolute Gasteiger partial charge is 0.152 e. The van der Waals surface area contributed by atoms with Crippen molar-refractivity contribution in [1.29, 1.82) is 0 Å². The van der Waals surface area contributed by atoms with Gasteiger partial charge in [-0.2, -0.15) is 5.10 Å². The lowest BCUT2D eigenvalue weighted by Gasteiger charge is -2.28. The van der Waals surface area contributed by atoms with E-state index in [1.165, 1.54) is 0 Å². The van der Waals surface area contributed by atoms with Crippen molar-refractivity contribution < 1.29 is 9.47 Å². The van der Waals surface area contributed by atoms with Crippen LogP contribution in [0.25, 0.3) is 0 Å². The second-order valence-corrected chi connectivity index (χ2v) is 5.37. The molecule has 0 spiro atoms. The highest BCUT2D eigenvalue weighted by Crippen LogP contribution is 2.18. The summed E-state index contributed by atoms with van der Waals surface area (Å²) in [5.74, 6) is 3.03. The van der Waals surface area contributed by atoms with Crippen molar-refractivity contribution in [2.24, 2.45) is 5.10 Å². The highest BCUT2D eigenvalue weighted by molar-refractivity contribution is 5.83. The van der Waals surface area contributed by atoms with Gasteiger partial charge in [0.1, 0.15) is 17.4 Å². The highest BCUT2D eigenvalue weighted by atomic mass is 16.5. The predicted octanol–water partition coefficient (Wildman–Crippen LogP) is 2.08. The highest BCUT2D eigenvalue weighted by Gasteiger charge is 2.13. The van der Waals surface area contributed by atoms with Crippen LogP contribution in [0.15, 0.2) is 35.4 Å². The molecule has 0 atom stereocenters. The molecule has 3 rings (SSSR count). The van der Waals surface area contributed by atoms with Crippen LogP contribution in [0.1, 0.15) is 11.4 Å². The first kappa shape index (κ1) is 16.2. The summed E-state index contributed by atoms with van der Waals surface area (Å²) in [5.41, 5.74) is 3.86. The Morgan fingerprint density at radius 3 is 2.83 bits per heavy atom. The van der Waals surface area contributed by atoms with E-state index in [9.17, 15) is 0 Å². The number of benzene rings is 1. The van der Waals surface area contributed by atoms with E-state index in [1.807, 2.05) is 37.3 Å². The number of nitrogens with zero attached hydrogens (tertiary/aromatic N) is 4. The molecule has 0 radical (unpaired) electrons. The number of anilines is 2. The van der Waals surface area contributed by atoms with Crippen LogP contribution in [-0.2, 0) is 4.74 Å². The zero-order valence-electron chi connectivity index (χ0n) is 13.9. The third-order valence-electron chi connectivity index (χ3n) is 3.68. The summed E-state index contributed by atoms with van der Waals surface area (Å²) in [4.78, 5) is 11.1. The van der Waals surface area contributed by atoms with Crippen molar-refractivity contribution in [3.05, 3.63) is 41.7 Å².